The standard InChI is InChI=1S/C12H16INO5S/c1-8(5-6-19-2)14-20(17,18)9-3-4-11(13)10(7-9)12(15)16/h3-4,7-8,14H,5-6H2,1-2H3,(H,15,16). The fourth-order valence-electron chi connectivity index (χ4n) is 1.52. The van der Waals surface area contributed by atoms with E-state index in [1.165, 1.54) is 12.1 Å². The molecule has 0 aliphatic rings. The molecule has 112 valence electrons. The number of sulfonamides is 1. The van der Waals surface area contributed by atoms with Crippen LogP contribution in [-0.2, 0) is 14.8 Å². The number of aromatic carboxylic acids is 1. The van der Waals surface area contributed by atoms with Crippen molar-refractivity contribution in [3.63, 3.8) is 0 Å². The molecule has 0 aromatic heterocycles. The molecule has 1 aromatic rings. The van der Waals surface area contributed by atoms with Gasteiger partial charge in [-0.25, -0.2) is 17.9 Å². The summed E-state index contributed by atoms with van der Waals surface area (Å²) in [6.45, 7) is 2.16. The second-order valence-corrected chi connectivity index (χ2v) is 7.13. The van der Waals surface area contributed by atoms with Gasteiger partial charge in [0, 0.05) is 23.3 Å². The molecule has 0 radical (unpaired) electrons. The third kappa shape index (κ3) is 4.69. The molecule has 0 saturated carbocycles. The summed E-state index contributed by atoms with van der Waals surface area (Å²) in [4.78, 5) is 11.0. The predicted molar refractivity (Wildman–Crippen MR) is 82.4 cm³/mol. The minimum atomic E-state index is -3.73. The molecule has 0 aliphatic heterocycles. The number of carboxylic acid groups (broad SMARTS) is 1. The van der Waals surface area contributed by atoms with E-state index < -0.39 is 16.0 Å². The molecule has 8 heteroatoms. The molecule has 0 bridgehead atoms. The van der Waals surface area contributed by atoms with E-state index in [-0.39, 0.29) is 16.5 Å². The lowest BCUT2D eigenvalue weighted by atomic mass is 10.2. The van der Waals surface area contributed by atoms with Crippen molar-refractivity contribution in [2.45, 2.75) is 24.3 Å². The van der Waals surface area contributed by atoms with Gasteiger partial charge >= 0.3 is 5.97 Å². The summed E-state index contributed by atoms with van der Waals surface area (Å²) >= 11 is 1.85. The average molecular weight is 413 g/mol. The van der Waals surface area contributed by atoms with E-state index in [4.69, 9.17) is 9.84 Å². The van der Waals surface area contributed by atoms with E-state index in [1.807, 2.05) is 22.6 Å². The third-order valence-corrected chi connectivity index (χ3v) is 5.12. The normalized spacial score (nSPS) is 13.2. The SMILES string of the molecule is COCCC(C)NS(=O)(=O)c1ccc(I)c(C(=O)O)c1. The predicted octanol–water partition coefficient (Wildman–Crippen LogP) is 1.69. The van der Waals surface area contributed by atoms with Crippen LogP contribution in [0.2, 0.25) is 0 Å². The fourth-order valence-corrected chi connectivity index (χ4v) is 3.39. The molecule has 1 rings (SSSR count). The summed E-state index contributed by atoms with van der Waals surface area (Å²) in [6.07, 6.45) is 0.534. The van der Waals surface area contributed by atoms with Gasteiger partial charge in [0.2, 0.25) is 10.0 Å². The number of carboxylic acids is 1. The van der Waals surface area contributed by atoms with Gasteiger partial charge in [-0.15, -0.1) is 0 Å². The second-order valence-electron chi connectivity index (χ2n) is 4.25. The lowest BCUT2D eigenvalue weighted by molar-refractivity contribution is 0.0695. The van der Waals surface area contributed by atoms with Crippen LogP contribution < -0.4 is 4.72 Å². The van der Waals surface area contributed by atoms with Crippen molar-refractivity contribution in [3.05, 3.63) is 27.3 Å². The second kappa shape index (κ2) is 7.34. The van der Waals surface area contributed by atoms with E-state index in [0.29, 0.717) is 16.6 Å². The Bertz CT molecular complexity index is 588. The van der Waals surface area contributed by atoms with Crippen LogP contribution in [0, 0.1) is 3.57 Å². The first-order valence-corrected chi connectivity index (χ1v) is 8.38. The molecule has 0 saturated heterocycles. The topological polar surface area (TPSA) is 92.7 Å². The van der Waals surface area contributed by atoms with Gasteiger partial charge in [0.15, 0.2) is 0 Å². The Morgan fingerprint density at radius 2 is 2.15 bits per heavy atom. The number of methoxy groups -OCH3 is 1. The number of halogens is 1. The Balaban J connectivity index is 2.98. The van der Waals surface area contributed by atoms with E-state index in [1.54, 1.807) is 14.0 Å². The molecular formula is C12H16INO5S. The first-order valence-electron chi connectivity index (χ1n) is 5.82. The van der Waals surface area contributed by atoms with Gasteiger partial charge in [0.25, 0.3) is 0 Å². The van der Waals surface area contributed by atoms with Crippen LogP contribution in [0.4, 0.5) is 0 Å². The van der Waals surface area contributed by atoms with Gasteiger partial charge in [0.05, 0.1) is 10.5 Å². The fraction of sp³-hybridized carbons (Fsp3) is 0.417. The summed E-state index contributed by atoms with van der Waals surface area (Å²) in [5, 5.41) is 9.02. The van der Waals surface area contributed by atoms with Gasteiger partial charge in [0.1, 0.15) is 0 Å². The van der Waals surface area contributed by atoms with Crippen LogP contribution in [0.3, 0.4) is 0 Å². The van der Waals surface area contributed by atoms with Crippen molar-refractivity contribution in [2.75, 3.05) is 13.7 Å². The summed E-state index contributed by atoms with van der Waals surface area (Å²) in [7, 11) is -2.19. The van der Waals surface area contributed by atoms with Crippen molar-refractivity contribution >= 4 is 38.6 Å². The lowest BCUT2D eigenvalue weighted by Gasteiger charge is -2.14. The van der Waals surface area contributed by atoms with Crippen molar-refractivity contribution in [3.8, 4) is 0 Å². The highest BCUT2D eigenvalue weighted by Gasteiger charge is 2.20. The van der Waals surface area contributed by atoms with E-state index in [0.717, 1.165) is 6.07 Å². The van der Waals surface area contributed by atoms with Gasteiger partial charge in [-0.3, -0.25) is 0 Å². The van der Waals surface area contributed by atoms with Crippen LogP contribution in [0.25, 0.3) is 0 Å². The zero-order chi connectivity index (χ0) is 15.3. The summed E-state index contributed by atoms with van der Waals surface area (Å²) in [6, 6.07) is 3.72. The average Bonchev–Trinajstić information content (AvgIpc) is 2.35. The largest absolute Gasteiger partial charge is 0.478 e. The van der Waals surface area contributed by atoms with E-state index >= 15 is 0 Å². The Morgan fingerprint density at radius 1 is 1.50 bits per heavy atom. The molecule has 1 unspecified atom stereocenters. The van der Waals surface area contributed by atoms with Gasteiger partial charge < -0.3 is 9.84 Å². The third-order valence-electron chi connectivity index (χ3n) is 2.59. The maximum absolute atomic E-state index is 12.1. The molecule has 20 heavy (non-hydrogen) atoms. The molecule has 0 fully saturated rings. The first-order chi connectivity index (χ1) is 9.27. The molecule has 0 heterocycles. The first kappa shape index (κ1) is 17.3. The Kier molecular flexibility index (Phi) is 6.37. The minimum absolute atomic E-state index is 0.0296. The van der Waals surface area contributed by atoms with Crippen LogP contribution in [-0.4, -0.2) is 39.3 Å². The van der Waals surface area contributed by atoms with E-state index in [9.17, 15) is 13.2 Å². The molecular weight excluding hydrogens is 397 g/mol. The Labute approximate surface area is 131 Å². The van der Waals surface area contributed by atoms with Crippen LogP contribution >= 0.6 is 22.6 Å². The number of carbonyl (C=O) groups is 1. The Hall–Kier alpha value is -0.710. The smallest absolute Gasteiger partial charge is 0.336 e. The molecule has 1 atom stereocenters. The molecule has 6 nitrogen and oxygen atoms in total. The van der Waals surface area contributed by atoms with Crippen LogP contribution in [0.5, 0.6) is 0 Å². The summed E-state index contributed by atoms with van der Waals surface area (Å²) < 4.78 is 32.2. The van der Waals surface area contributed by atoms with Crippen LogP contribution in [0.15, 0.2) is 23.1 Å². The number of hydrogen-bond acceptors (Lipinski definition) is 4. The molecule has 0 spiro atoms. The number of ether oxygens (including phenoxy) is 1. The maximum atomic E-state index is 12.1. The maximum Gasteiger partial charge on any atom is 0.336 e. The molecule has 0 aliphatic carbocycles. The van der Waals surface area contributed by atoms with Crippen molar-refractivity contribution in [1.82, 2.24) is 4.72 Å². The molecule has 2 N–H and O–H groups in total. The highest BCUT2D eigenvalue weighted by molar-refractivity contribution is 14.1. The minimum Gasteiger partial charge on any atom is -0.478 e. The van der Waals surface area contributed by atoms with Crippen molar-refractivity contribution in [1.29, 1.82) is 0 Å². The van der Waals surface area contributed by atoms with Gasteiger partial charge in [-0.1, -0.05) is 0 Å². The molecule has 0 amide bonds. The molecule has 1 aromatic carbocycles. The number of nitrogens with one attached hydrogen (secondary N) is 1. The summed E-state index contributed by atoms with van der Waals surface area (Å²) in [5.41, 5.74) is -0.0296. The Morgan fingerprint density at radius 3 is 2.70 bits per heavy atom. The zero-order valence-corrected chi connectivity index (χ0v) is 14.1. The van der Waals surface area contributed by atoms with Gasteiger partial charge in [-0.05, 0) is 54.1 Å². The quantitative estimate of drug-likeness (QED) is 0.664. The van der Waals surface area contributed by atoms with Crippen molar-refractivity contribution < 1.29 is 23.1 Å². The number of benzene rings is 1. The van der Waals surface area contributed by atoms with Crippen LogP contribution in [0.1, 0.15) is 23.7 Å². The van der Waals surface area contributed by atoms with Gasteiger partial charge in [-0.2, -0.15) is 0 Å². The summed E-state index contributed by atoms with van der Waals surface area (Å²) in [5.74, 6) is -1.15. The monoisotopic (exact) mass is 413 g/mol. The highest BCUT2D eigenvalue weighted by atomic mass is 127. The lowest BCUT2D eigenvalue weighted by Crippen LogP contribution is -2.33. The number of hydrogen-bond donors (Lipinski definition) is 2. The number of rotatable bonds is 7. The highest BCUT2D eigenvalue weighted by Crippen LogP contribution is 2.18. The van der Waals surface area contributed by atoms with Crippen molar-refractivity contribution in [2.24, 2.45) is 0 Å². The van der Waals surface area contributed by atoms with E-state index in [2.05, 4.69) is 4.72 Å². The zero-order valence-electron chi connectivity index (χ0n) is 11.1.